The van der Waals surface area contributed by atoms with Crippen LogP contribution in [0.1, 0.15) is 43.2 Å². The molecule has 10 heteroatoms. The van der Waals surface area contributed by atoms with Gasteiger partial charge in [-0.05, 0) is 43.8 Å². The fourth-order valence-corrected chi connectivity index (χ4v) is 4.24. The Balaban J connectivity index is 1.41. The average Bonchev–Trinajstić information content (AvgIpc) is 3.15. The number of anilines is 1. The monoisotopic (exact) mass is 457 g/mol. The second kappa shape index (κ2) is 8.78. The van der Waals surface area contributed by atoms with Gasteiger partial charge in [0.2, 0.25) is 5.95 Å². The van der Waals surface area contributed by atoms with Gasteiger partial charge in [0.15, 0.2) is 5.78 Å². The van der Waals surface area contributed by atoms with Crippen molar-refractivity contribution in [3.8, 4) is 0 Å². The van der Waals surface area contributed by atoms with Gasteiger partial charge in [-0.2, -0.15) is 0 Å². The molecule has 1 aliphatic heterocycles. The zero-order valence-corrected chi connectivity index (χ0v) is 18.9. The smallest absolute Gasteiger partial charge is 0.410 e. The van der Waals surface area contributed by atoms with E-state index in [1.807, 2.05) is 32.2 Å². The summed E-state index contributed by atoms with van der Waals surface area (Å²) in [6.45, 7) is 6.71. The highest BCUT2D eigenvalue weighted by Gasteiger charge is 2.35. The molecule has 0 spiro atoms. The first-order valence-electron chi connectivity index (χ1n) is 10.3. The van der Waals surface area contributed by atoms with Gasteiger partial charge >= 0.3 is 6.09 Å². The summed E-state index contributed by atoms with van der Waals surface area (Å²) in [4.78, 5) is 39.5. The molecule has 0 radical (unpaired) electrons. The van der Waals surface area contributed by atoms with Gasteiger partial charge in [-0.25, -0.2) is 19.2 Å². The van der Waals surface area contributed by atoms with Crippen LogP contribution in [0.3, 0.4) is 0 Å². The van der Waals surface area contributed by atoms with E-state index >= 15 is 0 Å². The highest BCUT2D eigenvalue weighted by Crippen LogP contribution is 2.28. The predicted octanol–water partition coefficient (Wildman–Crippen LogP) is 4.28. The third-order valence-electron chi connectivity index (χ3n) is 4.86. The number of aromatic nitrogens is 3. The van der Waals surface area contributed by atoms with Crippen molar-refractivity contribution in [2.24, 2.45) is 5.92 Å². The topological polar surface area (TPSA) is 97.3 Å². The van der Waals surface area contributed by atoms with Gasteiger partial charge in [-0.3, -0.25) is 9.78 Å². The third-order valence-corrected chi connectivity index (χ3v) is 5.77. The standard InChI is InChI=1S/C22H24FN5O3S/c1-22(2,3)31-21(30)28-11-14(12-28)7-17(29)18-19-16(4-5-32-19)26-20(27-18)25-9-13-6-15(23)10-24-8-13/h4-6,8,10,14H,7,9,11-12H2,1-3H3,(H,25,26,27). The molecule has 3 aromatic rings. The van der Waals surface area contributed by atoms with E-state index in [4.69, 9.17) is 4.74 Å². The molecule has 1 amide bonds. The number of hydrogen-bond acceptors (Lipinski definition) is 8. The van der Waals surface area contributed by atoms with Crippen molar-refractivity contribution >= 4 is 39.4 Å². The minimum absolute atomic E-state index is 0.0646. The van der Waals surface area contributed by atoms with Crippen molar-refractivity contribution in [3.63, 3.8) is 0 Å². The molecule has 3 aromatic heterocycles. The highest BCUT2D eigenvalue weighted by molar-refractivity contribution is 7.17. The molecule has 0 atom stereocenters. The summed E-state index contributed by atoms with van der Waals surface area (Å²) >= 11 is 1.41. The van der Waals surface area contributed by atoms with Crippen LogP contribution in [0.4, 0.5) is 15.1 Å². The van der Waals surface area contributed by atoms with Crippen LogP contribution >= 0.6 is 11.3 Å². The van der Waals surface area contributed by atoms with Crippen molar-refractivity contribution in [1.29, 1.82) is 0 Å². The van der Waals surface area contributed by atoms with Crippen LogP contribution < -0.4 is 5.32 Å². The summed E-state index contributed by atoms with van der Waals surface area (Å²) in [6.07, 6.45) is 2.62. The molecule has 1 fully saturated rings. The van der Waals surface area contributed by atoms with E-state index in [1.165, 1.54) is 17.4 Å². The molecule has 0 aliphatic carbocycles. The third kappa shape index (κ3) is 5.18. The van der Waals surface area contributed by atoms with Crippen molar-refractivity contribution in [2.45, 2.75) is 39.3 Å². The molecule has 1 aliphatic rings. The maximum Gasteiger partial charge on any atom is 0.410 e. The number of halogens is 1. The molecule has 8 nitrogen and oxygen atoms in total. The number of Topliss-reactive ketones (excluding diaryl/α,β-unsaturated/α-hetero) is 1. The molecule has 4 rings (SSSR count). The fourth-order valence-electron chi connectivity index (χ4n) is 3.40. The Morgan fingerprint density at radius 2 is 2.06 bits per heavy atom. The van der Waals surface area contributed by atoms with Gasteiger partial charge in [-0.15, -0.1) is 11.3 Å². The Kier molecular flexibility index (Phi) is 6.05. The van der Waals surface area contributed by atoms with Crippen LogP contribution in [0.2, 0.25) is 0 Å². The van der Waals surface area contributed by atoms with E-state index in [9.17, 15) is 14.0 Å². The number of pyridine rings is 1. The van der Waals surface area contributed by atoms with Crippen LogP contribution in [0.25, 0.3) is 10.2 Å². The van der Waals surface area contributed by atoms with Crippen LogP contribution in [0.15, 0.2) is 29.9 Å². The zero-order chi connectivity index (χ0) is 22.9. The first-order chi connectivity index (χ1) is 15.2. The lowest BCUT2D eigenvalue weighted by Crippen LogP contribution is -2.52. The molecule has 1 N–H and O–H groups in total. The fraction of sp³-hybridized carbons (Fsp3) is 0.409. The minimum atomic E-state index is -0.547. The predicted molar refractivity (Wildman–Crippen MR) is 119 cm³/mol. The number of hydrogen-bond donors (Lipinski definition) is 1. The van der Waals surface area contributed by atoms with Crippen LogP contribution in [0, 0.1) is 11.7 Å². The van der Waals surface area contributed by atoms with Crippen molar-refractivity contribution in [1.82, 2.24) is 19.9 Å². The summed E-state index contributed by atoms with van der Waals surface area (Å²) in [5.41, 5.74) is 1.13. The van der Waals surface area contributed by atoms with Gasteiger partial charge in [0.05, 0.1) is 16.4 Å². The summed E-state index contributed by atoms with van der Waals surface area (Å²) in [5.74, 6) is -0.151. The Hall–Kier alpha value is -3.14. The van der Waals surface area contributed by atoms with Gasteiger partial charge in [0, 0.05) is 38.2 Å². The van der Waals surface area contributed by atoms with E-state index in [0.717, 1.165) is 10.9 Å². The maximum absolute atomic E-state index is 13.4. The number of carbonyl (C=O) groups is 2. The molecule has 0 bridgehead atoms. The Bertz CT molecular complexity index is 1150. The van der Waals surface area contributed by atoms with E-state index in [0.29, 0.717) is 35.8 Å². The molecular formula is C22H24FN5O3S. The summed E-state index contributed by atoms with van der Waals surface area (Å²) in [5, 5.41) is 4.91. The summed E-state index contributed by atoms with van der Waals surface area (Å²) < 4.78 is 19.4. The quantitative estimate of drug-likeness (QED) is 0.552. The van der Waals surface area contributed by atoms with E-state index in [-0.39, 0.29) is 30.8 Å². The van der Waals surface area contributed by atoms with Gasteiger partial charge in [-0.1, -0.05) is 0 Å². The summed E-state index contributed by atoms with van der Waals surface area (Å²) in [6, 6.07) is 3.21. The SMILES string of the molecule is CC(C)(C)OC(=O)N1CC(CC(=O)c2nc(NCc3cncc(F)c3)nc3ccsc23)C1. The van der Waals surface area contributed by atoms with Crippen LogP contribution in [-0.2, 0) is 11.3 Å². The molecular weight excluding hydrogens is 433 g/mol. The highest BCUT2D eigenvalue weighted by atomic mass is 32.1. The van der Waals surface area contributed by atoms with Gasteiger partial charge < -0.3 is 15.0 Å². The number of carbonyl (C=O) groups excluding carboxylic acids is 2. The lowest BCUT2D eigenvalue weighted by molar-refractivity contribution is -0.00174. The second-order valence-corrected chi connectivity index (χ2v) is 9.69. The van der Waals surface area contributed by atoms with Gasteiger partial charge in [0.25, 0.3) is 0 Å². The van der Waals surface area contributed by atoms with Gasteiger partial charge in [0.1, 0.15) is 17.1 Å². The molecule has 168 valence electrons. The van der Waals surface area contributed by atoms with E-state index in [2.05, 4.69) is 20.3 Å². The van der Waals surface area contributed by atoms with E-state index in [1.54, 1.807) is 11.1 Å². The largest absolute Gasteiger partial charge is 0.444 e. The lowest BCUT2D eigenvalue weighted by atomic mass is 9.93. The minimum Gasteiger partial charge on any atom is -0.444 e. The number of nitrogens with one attached hydrogen (secondary N) is 1. The van der Waals surface area contributed by atoms with Crippen molar-refractivity contribution in [2.75, 3.05) is 18.4 Å². The zero-order valence-electron chi connectivity index (χ0n) is 18.1. The first-order valence-corrected chi connectivity index (χ1v) is 11.2. The number of rotatable bonds is 6. The number of thiophene rings is 1. The Morgan fingerprint density at radius 1 is 1.28 bits per heavy atom. The summed E-state index contributed by atoms with van der Waals surface area (Å²) in [7, 11) is 0. The molecule has 1 saturated heterocycles. The van der Waals surface area contributed by atoms with Crippen LogP contribution in [-0.4, -0.2) is 50.4 Å². The molecule has 4 heterocycles. The van der Waals surface area contributed by atoms with E-state index < -0.39 is 11.4 Å². The first kappa shape index (κ1) is 22.1. The number of nitrogens with zero attached hydrogens (tertiary/aromatic N) is 4. The molecule has 0 aromatic carbocycles. The molecule has 0 unspecified atom stereocenters. The number of likely N-dealkylation sites (tertiary alicyclic amines) is 1. The lowest BCUT2D eigenvalue weighted by Gasteiger charge is -2.39. The number of fused-ring (bicyclic) bond motifs is 1. The Labute approximate surface area is 188 Å². The van der Waals surface area contributed by atoms with Crippen molar-refractivity contribution < 1.29 is 18.7 Å². The Morgan fingerprint density at radius 3 is 2.78 bits per heavy atom. The van der Waals surface area contributed by atoms with Crippen LogP contribution in [0.5, 0.6) is 0 Å². The normalized spacial score (nSPS) is 14.3. The second-order valence-electron chi connectivity index (χ2n) is 8.77. The molecule has 32 heavy (non-hydrogen) atoms. The van der Waals surface area contributed by atoms with Crippen molar-refractivity contribution in [3.05, 3.63) is 47.0 Å². The average molecular weight is 458 g/mol. The number of ketones is 1. The number of amides is 1. The molecule has 0 saturated carbocycles. The maximum atomic E-state index is 13.4. The number of ether oxygens (including phenoxy) is 1.